The van der Waals surface area contributed by atoms with Crippen LogP contribution in [0.4, 0.5) is 10.8 Å². The summed E-state index contributed by atoms with van der Waals surface area (Å²) in [5.41, 5.74) is 1.01. The van der Waals surface area contributed by atoms with Gasteiger partial charge in [0.05, 0.1) is 10.6 Å². The molecule has 9 heteroatoms. The molecule has 8 nitrogen and oxygen atoms in total. The van der Waals surface area contributed by atoms with Crippen LogP contribution in [0.3, 0.4) is 0 Å². The largest absolute Gasteiger partial charge is 0.330 e. The minimum absolute atomic E-state index is 0.0912. The Labute approximate surface area is 142 Å². The molecular weight excluding hydrogens is 332 g/mol. The van der Waals surface area contributed by atoms with Crippen molar-refractivity contribution in [3.8, 4) is 0 Å². The predicted octanol–water partition coefficient (Wildman–Crippen LogP) is 2.46. The number of rotatable bonds is 6. The van der Waals surface area contributed by atoms with Crippen LogP contribution in [0, 0.1) is 17.0 Å². The highest BCUT2D eigenvalue weighted by Crippen LogP contribution is 2.15. The van der Waals surface area contributed by atoms with Gasteiger partial charge in [-0.2, -0.15) is 0 Å². The lowest BCUT2D eigenvalue weighted by molar-refractivity contribution is -0.384. The number of nitro benzene ring substituents is 1. The van der Waals surface area contributed by atoms with Gasteiger partial charge < -0.3 is 10.2 Å². The molecule has 2 aromatic rings. The van der Waals surface area contributed by atoms with E-state index >= 15 is 0 Å². The fraction of sp³-hybridized carbons (Fsp3) is 0.267. The zero-order valence-corrected chi connectivity index (χ0v) is 14.0. The van der Waals surface area contributed by atoms with E-state index in [0.717, 1.165) is 5.69 Å². The number of thiazole rings is 1. The number of nitro groups is 1. The van der Waals surface area contributed by atoms with Crippen LogP contribution in [-0.2, 0) is 4.79 Å². The van der Waals surface area contributed by atoms with Gasteiger partial charge in [-0.3, -0.25) is 19.7 Å². The van der Waals surface area contributed by atoms with E-state index in [1.807, 2.05) is 12.3 Å². The molecule has 24 heavy (non-hydrogen) atoms. The topological polar surface area (TPSA) is 105 Å². The SMILES string of the molecule is CCN(CC(=O)Nc1nc(C)cs1)C(=O)c1ccc([N+](=O)[O-])cc1. The molecule has 1 aromatic carbocycles. The molecule has 1 aromatic heterocycles. The maximum Gasteiger partial charge on any atom is 0.269 e. The van der Waals surface area contributed by atoms with E-state index in [4.69, 9.17) is 0 Å². The Morgan fingerprint density at radius 2 is 2.00 bits per heavy atom. The van der Waals surface area contributed by atoms with Crippen LogP contribution >= 0.6 is 11.3 Å². The molecule has 126 valence electrons. The molecule has 0 saturated heterocycles. The maximum atomic E-state index is 12.4. The van der Waals surface area contributed by atoms with E-state index < -0.39 is 4.92 Å². The molecule has 0 radical (unpaired) electrons. The summed E-state index contributed by atoms with van der Waals surface area (Å²) in [4.78, 5) is 40.1. The van der Waals surface area contributed by atoms with Crippen LogP contribution in [-0.4, -0.2) is 39.7 Å². The van der Waals surface area contributed by atoms with Gasteiger partial charge in [-0.05, 0) is 26.0 Å². The lowest BCUT2D eigenvalue weighted by atomic mass is 10.2. The molecule has 0 aliphatic heterocycles. The smallest absolute Gasteiger partial charge is 0.269 e. The second kappa shape index (κ2) is 7.64. The number of benzene rings is 1. The number of nitrogens with zero attached hydrogens (tertiary/aromatic N) is 3. The van der Waals surface area contributed by atoms with Crippen molar-refractivity contribution in [2.75, 3.05) is 18.4 Å². The number of carbonyl (C=O) groups is 2. The number of nitrogens with one attached hydrogen (secondary N) is 1. The van der Waals surface area contributed by atoms with Gasteiger partial charge in [0.15, 0.2) is 5.13 Å². The van der Waals surface area contributed by atoms with Gasteiger partial charge in [0.1, 0.15) is 6.54 Å². The summed E-state index contributed by atoms with van der Waals surface area (Å²) >= 11 is 1.31. The fourth-order valence-electron chi connectivity index (χ4n) is 1.98. The molecule has 2 rings (SSSR count). The number of carbonyl (C=O) groups excluding carboxylic acids is 2. The number of hydrogen-bond donors (Lipinski definition) is 1. The standard InChI is InChI=1S/C15H16N4O4S/c1-3-18(8-13(20)17-15-16-10(2)9-24-15)14(21)11-4-6-12(7-5-11)19(22)23/h4-7,9H,3,8H2,1-2H3,(H,16,17,20). The van der Waals surface area contributed by atoms with Gasteiger partial charge in [-0.1, -0.05) is 0 Å². The van der Waals surface area contributed by atoms with Crippen LogP contribution in [0.5, 0.6) is 0 Å². The van der Waals surface area contributed by atoms with Gasteiger partial charge in [0.25, 0.3) is 11.6 Å². The summed E-state index contributed by atoms with van der Waals surface area (Å²) in [6.07, 6.45) is 0. The normalized spacial score (nSPS) is 10.2. The Morgan fingerprint density at radius 3 is 2.50 bits per heavy atom. The third-order valence-electron chi connectivity index (χ3n) is 3.19. The first-order valence-electron chi connectivity index (χ1n) is 7.16. The first kappa shape index (κ1) is 17.5. The van der Waals surface area contributed by atoms with Crippen LogP contribution in [0.1, 0.15) is 23.0 Å². The van der Waals surface area contributed by atoms with Gasteiger partial charge in [-0.25, -0.2) is 4.98 Å². The summed E-state index contributed by atoms with van der Waals surface area (Å²) < 4.78 is 0. The number of aryl methyl sites for hydroxylation is 1. The van der Waals surface area contributed by atoms with E-state index in [-0.39, 0.29) is 24.0 Å². The fourth-order valence-corrected chi connectivity index (χ4v) is 2.68. The summed E-state index contributed by atoms with van der Waals surface area (Å²) in [5, 5.41) is 15.6. The lowest BCUT2D eigenvalue weighted by Gasteiger charge is -2.20. The number of anilines is 1. The van der Waals surface area contributed by atoms with Crippen molar-refractivity contribution in [2.24, 2.45) is 0 Å². The van der Waals surface area contributed by atoms with Crippen molar-refractivity contribution in [2.45, 2.75) is 13.8 Å². The summed E-state index contributed by atoms with van der Waals surface area (Å²) in [7, 11) is 0. The molecule has 0 saturated carbocycles. The summed E-state index contributed by atoms with van der Waals surface area (Å²) in [5.74, 6) is -0.709. The van der Waals surface area contributed by atoms with Crippen molar-refractivity contribution in [3.63, 3.8) is 0 Å². The highest BCUT2D eigenvalue weighted by Gasteiger charge is 2.19. The number of hydrogen-bond acceptors (Lipinski definition) is 6. The Hall–Kier alpha value is -2.81. The number of amides is 2. The second-order valence-corrected chi connectivity index (χ2v) is 5.82. The predicted molar refractivity (Wildman–Crippen MR) is 90.2 cm³/mol. The minimum Gasteiger partial charge on any atom is -0.330 e. The molecule has 0 bridgehead atoms. The zero-order chi connectivity index (χ0) is 17.7. The third-order valence-corrected chi connectivity index (χ3v) is 4.07. The first-order valence-corrected chi connectivity index (χ1v) is 8.04. The molecule has 2 amide bonds. The molecular formula is C15H16N4O4S. The Morgan fingerprint density at radius 1 is 1.33 bits per heavy atom. The number of likely N-dealkylation sites (N-methyl/N-ethyl adjacent to an activating group) is 1. The highest BCUT2D eigenvalue weighted by atomic mass is 32.1. The van der Waals surface area contributed by atoms with Crippen LogP contribution in [0.2, 0.25) is 0 Å². The Bertz CT molecular complexity index is 757. The van der Waals surface area contributed by atoms with E-state index in [0.29, 0.717) is 17.2 Å². The van der Waals surface area contributed by atoms with Crippen molar-refractivity contribution in [1.82, 2.24) is 9.88 Å². The molecule has 1 heterocycles. The van der Waals surface area contributed by atoms with E-state index in [1.54, 1.807) is 6.92 Å². The van der Waals surface area contributed by atoms with E-state index in [9.17, 15) is 19.7 Å². The van der Waals surface area contributed by atoms with E-state index in [2.05, 4.69) is 10.3 Å². The van der Waals surface area contributed by atoms with Crippen molar-refractivity contribution >= 4 is 34.0 Å². The summed E-state index contributed by atoms with van der Waals surface area (Å²) in [6.45, 7) is 3.79. The maximum absolute atomic E-state index is 12.4. The second-order valence-electron chi connectivity index (χ2n) is 4.97. The number of non-ortho nitro benzene ring substituents is 1. The van der Waals surface area contributed by atoms with Crippen LogP contribution < -0.4 is 5.32 Å². The Kier molecular flexibility index (Phi) is 5.59. The van der Waals surface area contributed by atoms with Crippen molar-refractivity contribution < 1.29 is 14.5 Å². The first-order chi connectivity index (χ1) is 11.4. The van der Waals surface area contributed by atoms with Crippen LogP contribution in [0.25, 0.3) is 0 Å². The van der Waals surface area contributed by atoms with E-state index in [1.165, 1.54) is 40.5 Å². The lowest BCUT2D eigenvalue weighted by Crippen LogP contribution is -2.37. The molecule has 0 fully saturated rings. The quantitative estimate of drug-likeness (QED) is 0.637. The molecule has 0 aliphatic rings. The highest BCUT2D eigenvalue weighted by molar-refractivity contribution is 7.13. The van der Waals surface area contributed by atoms with Gasteiger partial charge in [-0.15, -0.1) is 11.3 Å². The molecule has 0 unspecified atom stereocenters. The van der Waals surface area contributed by atoms with Gasteiger partial charge in [0, 0.05) is 29.6 Å². The summed E-state index contributed by atoms with van der Waals surface area (Å²) in [6, 6.07) is 5.29. The molecule has 0 atom stereocenters. The minimum atomic E-state index is -0.532. The average Bonchev–Trinajstić information content (AvgIpc) is 2.96. The average molecular weight is 348 g/mol. The van der Waals surface area contributed by atoms with Crippen molar-refractivity contribution in [3.05, 3.63) is 51.0 Å². The Balaban J connectivity index is 2.02. The van der Waals surface area contributed by atoms with Gasteiger partial charge in [0.2, 0.25) is 5.91 Å². The number of aromatic nitrogens is 1. The van der Waals surface area contributed by atoms with Crippen LogP contribution in [0.15, 0.2) is 29.6 Å². The molecule has 0 aliphatic carbocycles. The monoisotopic (exact) mass is 348 g/mol. The van der Waals surface area contributed by atoms with Gasteiger partial charge >= 0.3 is 0 Å². The third kappa shape index (κ3) is 4.35. The zero-order valence-electron chi connectivity index (χ0n) is 13.2. The molecule has 1 N–H and O–H groups in total. The molecule has 0 spiro atoms. The van der Waals surface area contributed by atoms with Crippen molar-refractivity contribution in [1.29, 1.82) is 0 Å².